The number of aryl methyl sites for hydroxylation is 4. The van der Waals surface area contributed by atoms with Crippen molar-refractivity contribution in [3.05, 3.63) is 59.7 Å². The molecule has 4 nitrogen and oxygen atoms in total. The van der Waals surface area contributed by atoms with Crippen LogP contribution in [0.1, 0.15) is 11.1 Å². The lowest BCUT2D eigenvalue weighted by molar-refractivity contribution is 0.666. The van der Waals surface area contributed by atoms with Crippen LogP contribution in [0.3, 0.4) is 0 Å². The van der Waals surface area contributed by atoms with E-state index in [9.17, 15) is 0 Å². The highest BCUT2D eigenvalue weighted by Crippen LogP contribution is 2.49. The maximum Gasteiger partial charge on any atom is 0.170 e. The summed E-state index contributed by atoms with van der Waals surface area (Å²) in [5.41, 5.74) is 11.2. The minimum Gasteiger partial charge on any atom is -0.453 e. The van der Waals surface area contributed by atoms with Gasteiger partial charge in [0.05, 0.1) is 29.8 Å². The summed E-state index contributed by atoms with van der Waals surface area (Å²) < 4.78 is 22.7. The third-order valence-electron chi connectivity index (χ3n) is 7.87. The third kappa shape index (κ3) is 2.13. The maximum absolute atomic E-state index is 6.58. The Kier molecular flexibility index (Phi) is 3.32. The molecule has 0 aliphatic rings. The van der Waals surface area contributed by atoms with Gasteiger partial charge in [0, 0.05) is 35.6 Å². The van der Waals surface area contributed by atoms with Crippen LogP contribution in [0.25, 0.3) is 84.7 Å². The van der Waals surface area contributed by atoms with E-state index >= 15 is 0 Å². The first-order valence-electron chi connectivity index (χ1n) is 12.1. The van der Waals surface area contributed by atoms with Crippen molar-refractivity contribution in [3.8, 4) is 0 Å². The zero-order valence-electron chi connectivity index (χ0n) is 20.1. The topological polar surface area (TPSA) is 36.1 Å². The van der Waals surface area contributed by atoms with Crippen LogP contribution < -0.4 is 0 Å². The van der Waals surface area contributed by atoms with E-state index in [2.05, 4.69) is 85.6 Å². The van der Waals surface area contributed by atoms with Crippen molar-refractivity contribution in [3.63, 3.8) is 0 Å². The largest absolute Gasteiger partial charge is 0.453 e. The first-order valence-corrected chi connectivity index (χ1v) is 13.7. The average Bonchev–Trinajstić information content (AvgIpc) is 3.65. The van der Waals surface area contributed by atoms with E-state index in [1.54, 1.807) is 0 Å². The summed E-state index contributed by atoms with van der Waals surface area (Å²) in [6.07, 6.45) is 0. The predicted octanol–water partition coefficient (Wildman–Crippen LogP) is 9.52. The zero-order chi connectivity index (χ0) is 24.0. The average molecular weight is 505 g/mol. The first kappa shape index (κ1) is 19.4. The van der Waals surface area contributed by atoms with Gasteiger partial charge < -0.3 is 18.0 Å². The van der Waals surface area contributed by atoms with Gasteiger partial charge in [-0.15, -0.1) is 22.7 Å². The summed E-state index contributed by atoms with van der Waals surface area (Å²) in [6, 6.07) is 17.7. The highest BCUT2D eigenvalue weighted by molar-refractivity contribution is 7.28. The molecule has 6 heteroatoms. The predicted molar refractivity (Wildman–Crippen MR) is 154 cm³/mol. The van der Waals surface area contributed by atoms with E-state index in [0.717, 1.165) is 33.1 Å². The molecular weight excluding hydrogens is 484 g/mol. The molecule has 36 heavy (non-hydrogen) atoms. The number of nitrogens with zero attached hydrogens (tertiary/aromatic N) is 2. The Labute approximate surface area is 212 Å². The number of fused-ring (bicyclic) bond motifs is 14. The highest BCUT2D eigenvalue weighted by atomic mass is 32.1. The second-order valence-corrected chi connectivity index (χ2v) is 12.1. The minimum atomic E-state index is 0.924. The lowest BCUT2D eigenvalue weighted by Crippen LogP contribution is -1.86. The van der Waals surface area contributed by atoms with E-state index in [1.807, 2.05) is 22.7 Å². The molecule has 0 N–H and O–H groups in total. The lowest BCUT2D eigenvalue weighted by atomic mass is 10.2. The minimum absolute atomic E-state index is 0.924. The normalized spacial score (nSPS) is 13.0. The fourth-order valence-corrected chi connectivity index (χ4v) is 8.73. The Bertz CT molecular complexity index is 2240. The van der Waals surface area contributed by atoms with Crippen LogP contribution in [0.5, 0.6) is 0 Å². The van der Waals surface area contributed by atoms with E-state index in [0.29, 0.717) is 0 Å². The maximum atomic E-state index is 6.58. The quantitative estimate of drug-likeness (QED) is 0.206. The Balaban J connectivity index is 1.38. The molecule has 0 spiro atoms. The molecule has 174 valence electrons. The number of rotatable bonds is 0. The van der Waals surface area contributed by atoms with Gasteiger partial charge in [-0.3, -0.25) is 0 Å². The molecule has 0 unspecified atom stereocenters. The van der Waals surface area contributed by atoms with Gasteiger partial charge >= 0.3 is 0 Å². The Hall–Kier alpha value is -3.74. The molecule has 3 aromatic carbocycles. The number of hydrogen-bond donors (Lipinski definition) is 0. The van der Waals surface area contributed by atoms with E-state index in [-0.39, 0.29) is 0 Å². The van der Waals surface area contributed by atoms with Crippen LogP contribution in [0, 0.1) is 13.8 Å². The zero-order valence-corrected chi connectivity index (χ0v) is 21.8. The van der Waals surface area contributed by atoms with Gasteiger partial charge in [-0.2, -0.15) is 0 Å². The molecule has 6 aromatic heterocycles. The number of benzene rings is 3. The van der Waals surface area contributed by atoms with Crippen LogP contribution >= 0.6 is 22.7 Å². The molecule has 0 aliphatic carbocycles. The van der Waals surface area contributed by atoms with Crippen molar-refractivity contribution < 1.29 is 8.83 Å². The molecular formula is C30H20N2O2S2. The van der Waals surface area contributed by atoms with Crippen LogP contribution in [-0.2, 0) is 14.1 Å². The smallest absolute Gasteiger partial charge is 0.170 e. The fourth-order valence-electron chi connectivity index (χ4n) is 6.10. The van der Waals surface area contributed by atoms with Gasteiger partial charge in [0.2, 0.25) is 0 Å². The lowest BCUT2D eigenvalue weighted by Gasteiger charge is -1.98. The molecule has 6 heterocycles. The molecule has 9 rings (SSSR count). The molecule has 0 radical (unpaired) electrons. The van der Waals surface area contributed by atoms with Gasteiger partial charge in [-0.05, 0) is 49.2 Å². The summed E-state index contributed by atoms with van der Waals surface area (Å²) in [5.74, 6) is 0. The summed E-state index contributed by atoms with van der Waals surface area (Å²) in [7, 11) is 4.28. The Morgan fingerprint density at radius 2 is 1.00 bits per heavy atom. The molecule has 0 amide bonds. The van der Waals surface area contributed by atoms with Crippen molar-refractivity contribution in [1.29, 1.82) is 0 Å². The van der Waals surface area contributed by atoms with Gasteiger partial charge in [-0.1, -0.05) is 24.3 Å². The fraction of sp³-hybridized carbons (Fsp3) is 0.133. The van der Waals surface area contributed by atoms with Crippen molar-refractivity contribution in [2.45, 2.75) is 13.8 Å². The summed E-state index contributed by atoms with van der Waals surface area (Å²) >= 11 is 3.65. The van der Waals surface area contributed by atoms with Crippen LogP contribution in [0.4, 0.5) is 0 Å². The van der Waals surface area contributed by atoms with E-state index in [4.69, 9.17) is 8.83 Å². The van der Waals surface area contributed by atoms with E-state index < -0.39 is 0 Å². The summed E-state index contributed by atoms with van der Waals surface area (Å²) in [5, 5.41) is 4.83. The third-order valence-corrected chi connectivity index (χ3v) is 10.3. The SMILES string of the molecule is Cc1ccc2c3sc4c5cc6oc7c(sc8c9ccc(C)cc9n(C)c78)c6cc5oc4c3n(C)c2c1. The van der Waals surface area contributed by atoms with Crippen molar-refractivity contribution in [2.24, 2.45) is 14.1 Å². The van der Waals surface area contributed by atoms with Crippen molar-refractivity contribution in [2.75, 3.05) is 0 Å². The Morgan fingerprint density at radius 3 is 1.44 bits per heavy atom. The van der Waals surface area contributed by atoms with Gasteiger partial charge in [0.15, 0.2) is 11.2 Å². The molecule has 0 fully saturated rings. The van der Waals surface area contributed by atoms with Gasteiger partial charge in [0.1, 0.15) is 22.2 Å². The molecule has 0 saturated heterocycles. The number of thiophene rings is 2. The van der Waals surface area contributed by atoms with Gasteiger partial charge in [0.25, 0.3) is 0 Å². The van der Waals surface area contributed by atoms with Gasteiger partial charge in [-0.25, -0.2) is 0 Å². The molecule has 9 aromatic rings. The van der Waals surface area contributed by atoms with Crippen LogP contribution in [0.15, 0.2) is 57.4 Å². The summed E-state index contributed by atoms with van der Waals surface area (Å²) in [6.45, 7) is 4.29. The second-order valence-electron chi connectivity index (χ2n) is 10.1. The molecule has 0 bridgehead atoms. The van der Waals surface area contributed by atoms with Crippen molar-refractivity contribution >= 4 is 107 Å². The van der Waals surface area contributed by atoms with Crippen molar-refractivity contribution in [1.82, 2.24) is 9.13 Å². The number of hydrogen-bond acceptors (Lipinski definition) is 4. The van der Waals surface area contributed by atoms with E-state index in [1.165, 1.54) is 62.8 Å². The van der Waals surface area contributed by atoms with Crippen LogP contribution in [0.2, 0.25) is 0 Å². The monoisotopic (exact) mass is 504 g/mol. The first-order chi connectivity index (χ1) is 17.5. The summed E-state index contributed by atoms with van der Waals surface area (Å²) in [4.78, 5) is 0. The second kappa shape index (κ2) is 6.14. The standard InChI is InChI=1S/C30H20N2O2S2/c1-13-5-7-15-19(9-13)31(3)23-25-29(35-27(15)23)17-11-22-18(12-21(17)33-25)30-26(34-22)24-28(36-30)16-8-6-14(2)10-20(16)32(24)4/h5-12H,1-4H3. The molecule has 0 atom stereocenters. The number of furan rings is 2. The highest BCUT2D eigenvalue weighted by Gasteiger charge is 2.24. The molecule has 0 saturated carbocycles. The Morgan fingerprint density at radius 1 is 0.556 bits per heavy atom. The molecule has 0 aliphatic heterocycles. The van der Waals surface area contributed by atoms with Crippen LogP contribution in [-0.4, -0.2) is 9.13 Å². The number of aromatic nitrogens is 2.